The number of carbonyl (C=O) groups is 1. The third-order valence-electron chi connectivity index (χ3n) is 5.97. The number of rotatable bonds is 4. The highest BCUT2D eigenvalue weighted by molar-refractivity contribution is 6.30. The molecule has 1 saturated carbocycles. The van der Waals surface area contributed by atoms with Crippen LogP contribution in [0.25, 0.3) is 0 Å². The van der Waals surface area contributed by atoms with E-state index in [4.69, 9.17) is 11.6 Å². The highest BCUT2D eigenvalue weighted by atomic mass is 35.5. The van der Waals surface area contributed by atoms with Gasteiger partial charge in [0.2, 0.25) is 5.91 Å². The molecule has 4 nitrogen and oxygen atoms in total. The minimum absolute atomic E-state index is 0.183. The number of amides is 1. The van der Waals surface area contributed by atoms with Crippen molar-refractivity contribution in [1.82, 2.24) is 10.2 Å². The van der Waals surface area contributed by atoms with Crippen molar-refractivity contribution < 1.29 is 4.79 Å². The lowest BCUT2D eigenvalue weighted by Gasteiger charge is -2.37. The summed E-state index contributed by atoms with van der Waals surface area (Å²) in [4.78, 5) is 17.0. The van der Waals surface area contributed by atoms with Crippen LogP contribution in [0.3, 0.4) is 0 Å². The first kappa shape index (κ1) is 18.5. The quantitative estimate of drug-likeness (QED) is 0.890. The first-order valence-electron chi connectivity index (χ1n) is 9.55. The summed E-state index contributed by atoms with van der Waals surface area (Å²) in [6.07, 6.45) is 3.65. The number of piperazine rings is 1. The van der Waals surface area contributed by atoms with E-state index in [9.17, 15) is 4.79 Å². The van der Waals surface area contributed by atoms with E-state index in [2.05, 4.69) is 35.0 Å². The Hall–Kier alpha value is -1.26. The maximum absolute atomic E-state index is 12.4. The molecule has 0 aromatic heterocycles. The second-order valence-electron chi connectivity index (χ2n) is 7.68. The first-order valence-corrected chi connectivity index (χ1v) is 9.93. The van der Waals surface area contributed by atoms with Gasteiger partial charge in [0, 0.05) is 42.9 Å². The van der Waals surface area contributed by atoms with Crippen LogP contribution < -0.4 is 10.2 Å². The Morgan fingerprint density at radius 3 is 2.68 bits per heavy atom. The molecule has 1 heterocycles. The van der Waals surface area contributed by atoms with E-state index in [1.165, 1.54) is 18.5 Å². The number of nitrogens with zero attached hydrogens (tertiary/aromatic N) is 2. The predicted molar refractivity (Wildman–Crippen MR) is 104 cm³/mol. The number of nitrogens with one attached hydrogen (secondary N) is 1. The smallest absolute Gasteiger partial charge is 0.234 e. The van der Waals surface area contributed by atoms with Gasteiger partial charge in [-0.2, -0.15) is 0 Å². The monoisotopic (exact) mass is 363 g/mol. The minimum Gasteiger partial charge on any atom is -0.369 e. The molecule has 1 aromatic rings. The normalized spacial score (nSPS) is 28.0. The molecule has 3 rings (SSSR count). The fourth-order valence-corrected chi connectivity index (χ4v) is 4.26. The van der Waals surface area contributed by atoms with Crippen molar-refractivity contribution in [2.45, 2.75) is 39.2 Å². The molecule has 1 aliphatic heterocycles. The maximum Gasteiger partial charge on any atom is 0.234 e. The zero-order valence-electron chi connectivity index (χ0n) is 15.4. The van der Waals surface area contributed by atoms with Gasteiger partial charge < -0.3 is 10.2 Å². The molecule has 0 radical (unpaired) electrons. The van der Waals surface area contributed by atoms with Crippen molar-refractivity contribution in [3.05, 3.63) is 29.3 Å². The summed E-state index contributed by atoms with van der Waals surface area (Å²) in [5, 5.41) is 4.06. The Balaban J connectivity index is 1.45. The number of hydrogen-bond donors (Lipinski definition) is 1. The number of anilines is 1. The fourth-order valence-electron chi connectivity index (χ4n) is 4.08. The van der Waals surface area contributed by atoms with E-state index in [1.807, 2.05) is 18.2 Å². The minimum atomic E-state index is 0.183. The molecule has 138 valence electrons. The van der Waals surface area contributed by atoms with E-state index < -0.39 is 0 Å². The van der Waals surface area contributed by atoms with Crippen LogP contribution >= 0.6 is 11.6 Å². The third-order valence-corrected chi connectivity index (χ3v) is 6.20. The summed E-state index contributed by atoms with van der Waals surface area (Å²) in [7, 11) is 0. The van der Waals surface area contributed by atoms with Crippen molar-refractivity contribution in [3.8, 4) is 0 Å². The van der Waals surface area contributed by atoms with E-state index >= 15 is 0 Å². The Labute approximate surface area is 156 Å². The van der Waals surface area contributed by atoms with Crippen molar-refractivity contribution in [2.24, 2.45) is 11.8 Å². The zero-order chi connectivity index (χ0) is 17.8. The number of benzene rings is 1. The van der Waals surface area contributed by atoms with Gasteiger partial charge in [0.15, 0.2) is 0 Å². The van der Waals surface area contributed by atoms with Gasteiger partial charge in [0.1, 0.15) is 0 Å². The Kier molecular flexibility index (Phi) is 6.24. The highest BCUT2D eigenvalue weighted by Crippen LogP contribution is 2.29. The summed E-state index contributed by atoms with van der Waals surface area (Å²) in [6, 6.07) is 8.35. The van der Waals surface area contributed by atoms with E-state index in [-0.39, 0.29) is 5.91 Å². The van der Waals surface area contributed by atoms with Crippen LogP contribution in [0.15, 0.2) is 24.3 Å². The topological polar surface area (TPSA) is 35.6 Å². The number of hydrogen-bond acceptors (Lipinski definition) is 3. The average molecular weight is 364 g/mol. The molecule has 3 unspecified atom stereocenters. The van der Waals surface area contributed by atoms with Crippen molar-refractivity contribution in [2.75, 3.05) is 37.6 Å². The van der Waals surface area contributed by atoms with Crippen LogP contribution in [-0.4, -0.2) is 49.6 Å². The highest BCUT2D eigenvalue weighted by Gasteiger charge is 2.28. The molecular formula is C20H30ClN3O. The zero-order valence-corrected chi connectivity index (χ0v) is 16.1. The van der Waals surface area contributed by atoms with Crippen LogP contribution in [0.5, 0.6) is 0 Å². The lowest BCUT2D eigenvalue weighted by atomic mass is 9.78. The van der Waals surface area contributed by atoms with Crippen LogP contribution in [0.1, 0.15) is 33.1 Å². The fraction of sp³-hybridized carbons (Fsp3) is 0.650. The standard InChI is InChI=1S/C20H30ClN3O/c1-15-5-3-8-19(16(15)2)22-20(25)14-23-9-11-24(12-10-23)18-7-4-6-17(21)13-18/h4,6-7,13,15-16,19H,3,5,8-12,14H2,1-2H3,(H,22,25). The second-order valence-corrected chi connectivity index (χ2v) is 8.12. The Morgan fingerprint density at radius 1 is 1.20 bits per heavy atom. The first-order chi connectivity index (χ1) is 12.0. The Bertz CT molecular complexity index is 586. The van der Waals surface area contributed by atoms with Crippen LogP contribution in [-0.2, 0) is 4.79 Å². The van der Waals surface area contributed by atoms with Crippen molar-refractivity contribution in [1.29, 1.82) is 0 Å². The molecule has 5 heteroatoms. The van der Waals surface area contributed by atoms with Gasteiger partial charge in [-0.3, -0.25) is 9.69 Å². The van der Waals surface area contributed by atoms with E-state index in [0.717, 1.165) is 37.6 Å². The van der Waals surface area contributed by atoms with Gasteiger partial charge in [-0.1, -0.05) is 44.4 Å². The number of carbonyl (C=O) groups excluding carboxylic acids is 1. The van der Waals surface area contributed by atoms with Crippen LogP contribution in [0, 0.1) is 11.8 Å². The van der Waals surface area contributed by atoms with Gasteiger partial charge >= 0.3 is 0 Å². The molecule has 1 aliphatic carbocycles. The summed E-state index contributed by atoms with van der Waals surface area (Å²) < 4.78 is 0. The summed E-state index contributed by atoms with van der Waals surface area (Å²) in [5.74, 6) is 1.47. The molecule has 0 spiro atoms. The Morgan fingerprint density at radius 2 is 1.96 bits per heavy atom. The third kappa shape index (κ3) is 4.89. The molecule has 2 fully saturated rings. The van der Waals surface area contributed by atoms with Crippen molar-refractivity contribution in [3.63, 3.8) is 0 Å². The molecule has 3 atom stereocenters. The molecule has 2 aliphatic rings. The molecule has 1 saturated heterocycles. The van der Waals surface area contributed by atoms with E-state index in [0.29, 0.717) is 24.4 Å². The predicted octanol–water partition coefficient (Wildman–Crippen LogP) is 3.40. The second kappa shape index (κ2) is 8.41. The summed E-state index contributed by atoms with van der Waals surface area (Å²) >= 11 is 6.09. The van der Waals surface area contributed by atoms with Gasteiger partial charge in [-0.15, -0.1) is 0 Å². The molecule has 1 aromatic carbocycles. The summed E-state index contributed by atoms with van der Waals surface area (Å²) in [6.45, 7) is 8.79. The van der Waals surface area contributed by atoms with Gasteiger partial charge in [0.25, 0.3) is 0 Å². The molecule has 1 amide bonds. The molecule has 1 N–H and O–H groups in total. The van der Waals surface area contributed by atoms with E-state index in [1.54, 1.807) is 0 Å². The average Bonchev–Trinajstić information content (AvgIpc) is 2.60. The van der Waals surface area contributed by atoms with Crippen LogP contribution in [0.4, 0.5) is 5.69 Å². The molecule has 0 bridgehead atoms. The lowest BCUT2D eigenvalue weighted by molar-refractivity contribution is -0.123. The van der Waals surface area contributed by atoms with Crippen LogP contribution in [0.2, 0.25) is 5.02 Å². The van der Waals surface area contributed by atoms with Gasteiger partial charge in [0.05, 0.1) is 6.54 Å². The lowest BCUT2D eigenvalue weighted by Crippen LogP contribution is -2.52. The van der Waals surface area contributed by atoms with Gasteiger partial charge in [-0.05, 0) is 36.5 Å². The number of halogens is 1. The largest absolute Gasteiger partial charge is 0.369 e. The SMILES string of the molecule is CC1CCCC(NC(=O)CN2CCN(c3cccc(Cl)c3)CC2)C1C. The summed E-state index contributed by atoms with van der Waals surface area (Å²) in [5.41, 5.74) is 1.17. The molecular weight excluding hydrogens is 334 g/mol. The molecule has 25 heavy (non-hydrogen) atoms. The maximum atomic E-state index is 12.4. The van der Waals surface area contributed by atoms with Gasteiger partial charge in [-0.25, -0.2) is 0 Å². The van der Waals surface area contributed by atoms with Crippen molar-refractivity contribution >= 4 is 23.2 Å².